The van der Waals surface area contributed by atoms with Crippen LogP contribution in [0.4, 0.5) is 0 Å². The van der Waals surface area contributed by atoms with Gasteiger partial charge in [-0.15, -0.1) is 6.58 Å². The maximum atomic E-state index is 12.1. The fraction of sp³-hybridized carbons (Fsp3) is 0.692. The fourth-order valence-electron chi connectivity index (χ4n) is 2.19. The van der Waals surface area contributed by atoms with Crippen LogP contribution in [-0.2, 0) is 14.3 Å². The van der Waals surface area contributed by atoms with Gasteiger partial charge in [0.05, 0.1) is 6.61 Å². The molecule has 0 radical (unpaired) electrons. The van der Waals surface area contributed by atoms with Gasteiger partial charge in [-0.3, -0.25) is 14.9 Å². The lowest BCUT2D eigenvalue weighted by Gasteiger charge is -2.40. The highest BCUT2D eigenvalue weighted by molar-refractivity contribution is 5.82. The first-order valence-electron chi connectivity index (χ1n) is 6.34. The number of esters is 1. The van der Waals surface area contributed by atoms with E-state index in [1.165, 1.54) is 0 Å². The number of rotatable bonds is 5. The Hall–Kier alpha value is -1.36. The Kier molecular flexibility index (Phi) is 5.34. The van der Waals surface area contributed by atoms with Gasteiger partial charge in [0.25, 0.3) is 0 Å². The number of nitrogens with one attached hydrogen (secondary N) is 1. The van der Waals surface area contributed by atoms with E-state index < -0.39 is 5.54 Å². The zero-order valence-corrected chi connectivity index (χ0v) is 11.2. The summed E-state index contributed by atoms with van der Waals surface area (Å²) < 4.78 is 5.14. The monoisotopic (exact) mass is 254 g/mol. The van der Waals surface area contributed by atoms with Gasteiger partial charge in [-0.25, -0.2) is 0 Å². The molecule has 0 aromatic heterocycles. The average molecular weight is 254 g/mol. The normalized spacial score (nSPS) is 18.2. The van der Waals surface area contributed by atoms with E-state index in [0.29, 0.717) is 39.1 Å². The predicted molar refractivity (Wildman–Crippen MR) is 69.1 cm³/mol. The third-order valence-electron chi connectivity index (χ3n) is 3.31. The van der Waals surface area contributed by atoms with E-state index in [0.717, 1.165) is 0 Å². The van der Waals surface area contributed by atoms with Crippen LogP contribution in [0.5, 0.6) is 0 Å². The molecule has 0 saturated carbocycles. The highest BCUT2D eigenvalue weighted by Gasteiger charge is 2.42. The Labute approximate surface area is 108 Å². The van der Waals surface area contributed by atoms with Gasteiger partial charge in [0, 0.05) is 26.6 Å². The first-order chi connectivity index (χ1) is 8.55. The maximum absolute atomic E-state index is 12.1. The van der Waals surface area contributed by atoms with Gasteiger partial charge < -0.3 is 9.64 Å². The highest BCUT2D eigenvalue weighted by Crippen LogP contribution is 2.24. The van der Waals surface area contributed by atoms with Crippen LogP contribution in [0.2, 0.25) is 0 Å². The molecule has 102 valence electrons. The highest BCUT2D eigenvalue weighted by atomic mass is 16.5. The second-order valence-electron chi connectivity index (χ2n) is 4.48. The Morgan fingerprint density at radius 3 is 2.50 bits per heavy atom. The molecule has 1 amide bonds. The first-order valence-corrected chi connectivity index (χ1v) is 6.34. The van der Waals surface area contributed by atoms with Crippen molar-refractivity contribution in [2.75, 3.05) is 26.2 Å². The zero-order chi connectivity index (χ0) is 13.6. The number of hydrogen-bond donors (Lipinski definition) is 1. The van der Waals surface area contributed by atoms with Crippen LogP contribution in [0.15, 0.2) is 12.7 Å². The van der Waals surface area contributed by atoms with Gasteiger partial charge in [0.1, 0.15) is 5.54 Å². The van der Waals surface area contributed by atoms with Crippen molar-refractivity contribution in [3.63, 3.8) is 0 Å². The van der Waals surface area contributed by atoms with Gasteiger partial charge in [0.15, 0.2) is 0 Å². The molecule has 0 bridgehead atoms. The molecular formula is C13H22N2O3. The topological polar surface area (TPSA) is 58.6 Å². The fourth-order valence-corrected chi connectivity index (χ4v) is 2.19. The van der Waals surface area contributed by atoms with E-state index in [-0.39, 0.29) is 11.9 Å². The summed E-state index contributed by atoms with van der Waals surface area (Å²) in [4.78, 5) is 25.1. The van der Waals surface area contributed by atoms with Crippen molar-refractivity contribution in [1.82, 2.24) is 10.2 Å². The molecule has 1 aliphatic rings. The number of piperidine rings is 1. The zero-order valence-electron chi connectivity index (χ0n) is 11.2. The molecule has 0 atom stereocenters. The summed E-state index contributed by atoms with van der Waals surface area (Å²) in [5.74, 6) is -0.175. The summed E-state index contributed by atoms with van der Waals surface area (Å²) in [6, 6.07) is 0. The number of hydrogen-bond acceptors (Lipinski definition) is 4. The summed E-state index contributed by atoms with van der Waals surface area (Å²) in [6.07, 6.45) is 2.89. The lowest BCUT2D eigenvalue weighted by molar-refractivity contribution is -0.154. The Morgan fingerprint density at radius 1 is 1.44 bits per heavy atom. The summed E-state index contributed by atoms with van der Waals surface area (Å²) in [5.41, 5.74) is -0.670. The molecular weight excluding hydrogens is 232 g/mol. The maximum Gasteiger partial charge on any atom is 0.326 e. The second-order valence-corrected chi connectivity index (χ2v) is 4.48. The largest absolute Gasteiger partial charge is 0.465 e. The molecule has 1 fully saturated rings. The molecule has 0 spiro atoms. The van der Waals surface area contributed by atoms with E-state index in [2.05, 4.69) is 11.9 Å². The Balaban J connectivity index is 2.72. The number of likely N-dealkylation sites (tertiary alicyclic amines) is 1. The summed E-state index contributed by atoms with van der Waals surface area (Å²) in [7, 11) is 0. The van der Waals surface area contributed by atoms with Crippen molar-refractivity contribution in [3.8, 4) is 0 Å². The molecule has 0 unspecified atom stereocenters. The van der Waals surface area contributed by atoms with Gasteiger partial charge in [-0.1, -0.05) is 6.08 Å². The van der Waals surface area contributed by atoms with Crippen LogP contribution in [0, 0.1) is 0 Å². The molecule has 1 heterocycles. The van der Waals surface area contributed by atoms with Crippen molar-refractivity contribution >= 4 is 11.9 Å². The van der Waals surface area contributed by atoms with E-state index in [1.54, 1.807) is 24.8 Å². The van der Waals surface area contributed by atoms with Crippen LogP contribution >= 0.6 is 0 Å². The predicted octanol–water partition coefficient (Wildman–Crippen LogP) is 0.706. The third kappa shape index (κ3) is 3.32. The molecule has 18 heavy (non-hydrogen) atoms. The van der Waals surface area contributed by atoms with Crippen molar-refractivity contribution < 1.29 is 14.3 Å². The van der Waals surface area contributed by atoms with E-state index in [9.17, 15) is 9.59 Å². The van der Waals surface area contributed by atoms with Gasteiger partial charge in [-0.2, -0.15) is 0 Å². The molecule has 5 nitrogen and oxygen atoms in total. The number of nitrogens with zero attached hydrogens (tertiary/aromatic N) is 1. The Morgan fingerprint density at radius 2 is 2.06 bits per heavy atom. The Bertz CT molecular complexity index is 320. The van der Waals surface area contributed by atoms with Crippen LogP contribution in [-0.4, -0.2) is 48.6 Å². The quantitative estimate of drug-likeness (QED) is 0.580. The van der Waals surface area contributed by atoms with Crippen molar-refractivity contribution in [2.24, 2.45) is 0 Å². The smallest absolute Gasteiger partial charge is 0.326 e. The van der Waals surface area contributed by atoms with Crippen LogP contribution < -0.4 is 5.32 Å². The van der Waals surface area contributed by atoms with E-state index >= 15 is 0 Å². The molecule has 1 saturated heterocycles. The van der Waals surface area contributed by atoms with Crippen molar-refractivity contribution in [3.05, 3.63) is 12.7 Å². The minimum atomic E-state index is -0.670. The summed E-state index contributed by atoms with van der Waals surface area (Å²) in [5, 5.41) is 3.20. The van der Waals surface area contributed by atoms with Gasteiger partial charge in [0.2, 0.25) is 5.91 Å². The SMILES string of the molecule is C=CCNC1(C(=O)OCC)CCN(C(C)=O)CC1. The standard InChI is InChI=1S/C13H22N2O3/c1-4-8-14-13(12(17)18-5-2)6-9-15(10-7-13)11(3)16/h4,14H,1,5-10H2,2-3H3. The van der Waals surface area contributed by atoms with Crippen LogP contribution in [0.3, 0.4) is 0 Å². The molecule has 1 N–H and O–H groups in total. The summed E-state index contributed by atoms with van der Waals surface area (Å²) >= 11 is 0. The van der Waals surface area contributed by atoms with Crippen molar-refractivity contribution in [1.29, 1.82) is 0 Å². The second kappa shape index (κ2) is 6.54. The molecule has 1 aliphatic heterocycles. The van der Waals surface area contributed by atoms with E-state index in [1.807, 2.05) is 0 Å². The van der Waals surface area contributed by atoms with Gasteiger partial charge >= 0.3 is 5.97 Å². The minimum absolute atomic E-state index is 0.0520. The number of amides is 1. The first kappa shape index (κ1) is 14.7. The lowest BCUT2D eigenvalue weighted by Crippen LogP contribution is -2.59. The number of ether oxygens (including phenoxy) is 1. The van der Waals surface area contributed by atoms with Gasteiger partial charge in [-0.05, 0) is 19.8 Å². The lowest BCUT2D eigenvalue weighted by atomic mass is 9.87. The number of carbonyl (C=O) groups excluding carboxylic acids is 2. The van der Waals surface area contributed by atoms with Crippen LogP contribution in [0.1, 0.15) is 26.7 Å². The third-order valence-corrected chi connectivity index (χ3v) is 3.31. The molecule has 1 rings (SSSR count). The van der Waals surface area contributed by atoms with Crippen LogP contribution in [0.25, 0.3) is 0 Å². The van der Waals surface area contributed by atoms with E-state index in [4.69, 9.17) is 4.74 Å². The summed E-state index contributed by atoms with van der Waals surface area (Å²) in [6.45, 7) is 9.08. The molecule has 0 aromatic carbocycles. The average Bonchev–Trinajstić information content (AvgIpc) is 2.37. The minimum Gasteiger partial charge on any atom is -0.465 e. The number of carbonyl (C=O) groups is 2. The molecule has 0 aliphatic carbocycles. The van der Waals surface area contributed by atoms with Crippen molar-refractivity contribution in [2.45, 2.75) is 32.2 Å². The molecule has 5 heteroatoms. The molecule has 0 aromatic rings.